The maximum Gasteiger partial charge on any atom is 0.151 e. The van der Waals surface area contributed by atoms with E-state index < -0.39 is 6.17 Å². The Morgan fingerprint density at radius 3 is 3.00 bits per heavy atom. The van der Waals surface area contributed by atoms with Gasteiger partial charge in [-0.25, -0.2) is 9.37 Å². The molecule has 2 aromatic rings. The van der Waals surface area contributed by atoms with Gasteiger partial charge in [0.05, 0.1) is 18.2 Å². The molecule has 1 aliphatic rings. The summed E-state index contributed by atoms with van der Waals surface area (Å²) in [5, 5.41) is 19.8. The minimum absolute atomic E-state index is 0.0101. The van der Waals surface area contributed by atoms with E-state index in [2.05, 4.69) is 20.5 Å². The van der Waals surface area contributed by atoms with Gasteiger partial charge < -0.3 is 10.2 Å². The topological polar surface area (TPSA) is 77.7 Å². The highest BCUT2D eigenvalue weighted by atomic mass is 19.1. The molecular weight excluding hydrogens is 283 g/mol. The Bertz CT molecular complexity index is 654. The number of halogens is 1. The number of alkyl halides is 1. The molecule has 112 valence electrons. The van der Waals surface area contributed by atoms with E-state index >= 15 is 0 Å². The molecule has 6 nitrogen and oxygen atoms in total. The molecule has 0 aromatic carbocycles. The van der Waals surface area contributed by atoms with Crippen LogP contribution in [0.3, 0.4) is 0 Å². The van der Waals surface area contributed by atoms with Gasteiger partial charge in [0.15, 0.2) is 5.82 Å². The molecule has 0 amide bonds. The van der Waals surface area contributed by atoms with Crippen LogP contribution in [0.5, 0.6) is 0 Å². The lowest BCUT2D eigenvalue weighted by molar-refractivity contribution is 0.357. The van der Waals surface area contributed by atoms with Gasteiger partial charge in [-0.15, -0.1) is 5.10 Å². The maximum atomic E-state index is 13.8. The number of pyridine rings is 1. The number of aromatic nitrogens is 3. The molecule has 3 heterocycles. The van der Waals surface area contributed by atoms with Crippen LogP contribution in [0, 0.1) is 11.3 Å². The largest absolute Gasteiger partial charge is 0.368 e. The van der Waals surface area contributed by atoms with Crippen molar-refractivity contribution in [2.24, 2.45) is 0 Å². The van der Waals surface area contributed by atoms with Crippen LogP contribution in [0.1, 0.15) is 12.0 Å². The average molecular weight is 298 g/mol. The van der Waals surface area contributed by atoms with E-state index in [1.807, 2.05) is 17.0 Å². The highest BCUT2D eigenvalue weighted by molar-refractivity contribution is 5.43. The van der Waals surface area contributed by atoms with Gasteiger partial charge in [0, 0.05) is 25.4 Å². The Hall–Kier alpha value is -2.75. The molecule has 1 saturated heterocycles. The maximum absolute atomic E-state index is 13.8. The summed E-state index contributed by atoms with van der Waals surface area (Å²) in [6.45, 7) is 0.877. The predicted molar refractivity (Wildman–Crippen MR) is 80.1 cm³/mol. The van der Waals surface area contributed by atoms with E-state index in [4.69, 9.17) is 5.26 Å². The number of nitrogens with zero attached hydrogens (tertiary/aromatic N) is 5. The fourth-order valence-corrected chi connectivity index (χ4v) is 2.57. The zero-order valence-electron chi connectivity index (χ0n) is 11.9. The highest BCUT2D eigenvalue weighted by Crippen LogP contribution is 2.25. The number of rotatable bonds is 4. The minimum Gasteiger partial charge on any atom is -0.368 e. The third kappa shape index (κ3) is 3.11. The lowest BCUT2D eigenvalue weighted by Gasteiger charge is -2.25. The van der Waals surface area contributed by atoms with Gasteiger partial charge in [-0.3, -0.25) is 0 Å². The Balaban J connectivity index is 1.66. The summed E-state index contributed by atoms with van der Waals surface area (Å²) in [5.74, 6) is 1.35. The molecule has 0 spiro atoms. The summed E-state index contributed by atoms with van der Waals surface area (Å²) < 4.78 is 13.8. The number of hydrogen-bond donors (Lipinski definition) is 1. The summed E-state index contributed by atoms with van der Waals surface area (Å²) in [4.78, 5) is 6.08. The van der Waals surface area contributed by atoms with E-state index in [1.54, 1.807) is 24.4 Å². The van der Waals surface area contributed by atoms with Gasteiger partial charge in [-0.2, -0.15) is 10.4 Å². The molecule has 2 aromatic heterocycles. The van der Waals surface area contributed by atoms with Crippen molar-refractivity contribution in [3.05, 3.63) is 42.2 Å². The molecule has 3 rings (SSSR count). The normalized spacial score (nSPS) is 20.6. The molecule has 7 heteroatoms. The van der Waals surface area contributed by atoms with Gasteiger partial charge in [-0.1, -0.05) is 0 Å². The van der Waals surface area contributed by atoms with Crippen molar-refractivity contribution in [3.8, 4) is 6.07 Å². The van der Waals surface area contributed by atoms with Gasteiger partial charge in [0.25, 0.3) is 0 Å². The summed E-state index contributed by atoms with van der Waals surface area (Å²) in [5.41, 5.74) is 0.511. The third-order valence-corrected chi connectivity index (χ3v) is 3.63. The molecule has 0 saturated carbocycles. The number of nitrogens with one attached hydrogen (secondary N) is 1. The Kier molecular flexibility index (Phi) is 4.10. The zero-order chi connectivity index (χ0) is 15.4. The van der Waals surface area contributed by atoms with Crippen LogP contribution in [0.4, 0.5) is 16.0 Å². The summed E-state index contributed by atoms with van der Waals surface area (Å²) >= 11 is 0. The predicted octanol–water partition coefficient (Wildman–Crippen LogP) is 1.77. The Labute approximate surface area is 127 Å². The summed E-state index contributed by atoms with van der Waals surface area (Å²) in [6, 6.07) is 9.08. The number of anilines is 2. The first kappa shape index (κ1) is 14.2. The molecule has 1 fully saturated rings. The van der Waals surface area contributed by atoms with E-state index in [1.165, 1.54) is 6.20 Å². The van der Waals surface area contributed by atoms with Crippen molar-refractivity contribution in [1.29, 1.82) is 5.26 Å². The molecular formula is C15H15FN6. The third-order valence-electron chi connectivity index (χ3n) is 3.63. The van der Waals surface area contributed by atoms with Gasteiger partial charge in [-0.05, 0) is 24.3 Å². The number of nitriles is 1. The second-order valence-electron chi connectivity index (χ2n) is 5.15. The zero-order valence-corrected chi connectivity index (χ0v) is 11.9. The first-order valence-electron chi connectivity index (χ1n) is 7.04. The first-order valence-corrected chi connectivity index (χ1v) is 7.04. The minimum atomic E-state index is -0.872. The van der Waals surface area contributed by atoms with Gasteiger partial charge >= 0.3 is 0 Å². The van der Waals surface area contributed by atoms with Crippen LogP contribution < -0.4 is 10.2 Å². The molecule has 0 bridgehead atoms. The highest BCUT2D eigenvalue weighted by Gasteiger charge is 2.32. The van der Waals surface area contributed by atoms with Crippen LogP contribution >= 0.6 is 0 Å². The molecule has 0 radical (unpaired) electrons. The van der Waals surface area contributed by atoms with Crippen LogP contribution in [0.25, 0.3) is 0 Å². The monoisotopic (exact) mass is 298 g/mol. The second kappa shape index (κ2) is 6.35. The molecule has 22 heavy (non-hydrogen) atoms. The standard InChI is InChI=1S/C15H15FN6/c16-12-6-13(22(10-12)15-2-1-5-20-21-15)9-19-14-4-3-11(7-17)8-18-14/h1-5,8,12-13H,6,9-10H2,(H,18,19)/t12-,13-/m0/s1. The van der Waals surface area contributed by atoms with Crippen LogP contribution in [0.15, 0.2) is 36.7 Å². The lowest BCUT2D eigenvalue weighted by atomic mass is 10.2. The number of hydrogen-bond acceptors (Lipinski definition) is 6. The van der Waals surface area contributed by atoms with E-state index in [0.29, 0.717) is 36.7 Å². The Morgan fingerprint density at radius 1 is 1.41 bits per heavy atom. The van der Waals surface area contributed by atoms with Crippen molar-refractivity contribution in [1.82, 2.24) is 15.2 Å². The Morgan fingerprint density at radius 2 is 2.32 bits per heavy atom. The average Bonchev–Trinajstić information content (AvgIpc) is 2.95. The van der Waals surface area contributed by atoms with Gasteiger partial charge in [0.2, 0.25) is 0 Å². The van der Waals surface area contributed by atoms with Crippen molar-refractivity contribution < 1.29 is 4.39 Å². The first-order chi connectivity index (χ1) is 10.8. The second-order valence-corrected chi connectivity index (χ2v) is 5.15. The summed E-state index contributed by atoms with van der Waals surface area (Å²) in [6.07, 6.45) is 2.68. The van der Waals surface area contributed by atoms with Crippen molar-refractivity contribution in [2.75, 3.05) is 23.3 Å². The van der Waals surface area contributed by atoms with Crippen molar-refractivity contribution in [2.45, 2.75) is 18.6 Å². The van der Waals surface area contributed by atoms with Gasteiger partial charge in [0.1, 0.15) is 18.1 Å². The molecule has 1 N–H and O–H groups in total. The van der Waals surface area contributed by atoms with Crippen molar-refractivity contribution in [3.63, 3.8) is 0 Å². The smallest absolute Gasteiger partial charge is 0.151 e. The van der Waals surface area contributed by atoms with E-state index in [0.717, 1.165) is 0 Å². The van der Waals surface area contributed by atoms with Crippen LogP contribution in [-0.4, -0.2) is 40.5 Å². The molecule has 0 unspecified atom stereocenters. The molecule has 1 aliphatic heterocycles. The quantitative estimate of drug-likeness (QED) is 0.927. The SMILES string of the molecule is N#Cc1ccc(NC[C@@H]2C[C@H](F)CN2c2cccnn2)nc1. The van der Waals surface area contributed by atoms with Crippen LogP contribution in [0.2, 0.25) is 0 Å². The summed E-state index contributed by atoms with van der Waals surface area (Å²) in [7, 11) is 0. The molecule has 2 atom stereocenters. The van der Waals surface area contributed by atoms with E-state index in [-0.39, 0.29) is 6.04 Å². The lowest BCUT2D eigenvalue weighted by Crippen LogP contribution is -2.35. The van der Waals surface area contributed by atoms with E-state index in [9.17, 15) is 4.39 Å². The molecule has 0 aliphatic carbocycles. The fourth-order valence-electron chi connectivity index (χ4n) is 2.57. The van der Waals surface area contributed by atoms with Crippen molar-refractivity contribution >= 4 is 11.6 Å². The van der Waals surface area contributed by atoms with Crippen LogP contribution in [-0.2, 0) is 0 Å². The fraction of sp³-hybridized carbons (Fsp3) is 0.333.